The average molecular weight is 158 g/mol. The number of nitrogens with two attached hydrogens (primary N) is 1. The molecule has 0 spiro atoms. The fourth-order valence-electron chi connectivity index (χ4n) is 0.431. The van der Waals surface area contributed by atoms with Gasteiger partial charge in [0, 0.05) is 0 Å². The summed E-state index contributed by atoms with van der Waals surface area (Å²) in [5.41, 5.74) is 5.30. The van der Waals surface area contributed by atoms with Crippen molar-refractivity contribution in [3.63, 3.8) is 0 Å². The number of carbonyl (C=O) groups is 1. The topological polar surface area (TPSA) is 72.0 Å². The molecule has 0 radical (unpaired) electrons. The Morgan fingerprint density at radius 1 is 1.80 bits per heavy atom. The number of aromatic amines is 1. The quantitative estimate of drug-likeness (QED) is 0.637. The number of aromatic nitrogens is 1. The summed E-state index contributed by atoms with van der Waals surface area (Å²) in [6.07, 6.45) is 1.45. The van der Waals surface area contributed by atoms with Crippen molar-refractivity contribution >= 4 is 17.7 Å². The number of nitrogens with one attached hydrogen (secondary N) is 1. The first kappa shape index (κ1) is 6.88. The smallest absolute Gasteiger partial charge is 0.265 e. The summed E-state index contributed by atoms with van der Waals surface area (Å²) in [5.74, 6) is -0.498. The van der Waals surface area contributed by atoms with Crippen molar-refractivity contribution in [3.05, 3.63) is 24.1 Å². The van der Waals surface area contributed by atoms with E-state index in [2.05, 4.69) is 4.37 Å². The minimum Gasteiger partial charge on any atom is -0.395 e. The van der Waals surface area contributed by atoms with Crippen molar-refractivity contribution in [1.29, 1.82) is 0 Å². The van der Waals surface area contributed by atoms with E-state index in [1.807, 2.05) is 0 Å². The largest absolute Gasteiger partial charge is 0.395 e. The van der Waals surface area contributed by atoms with Gasteiger partial charge in [0.05, 0.1) is 0 Å². The molecule has 1 amide bonds. The van der Waals surface area contributed by atoms with E-state index < -0.39 is 5.91 Å². The molecule has 0 aliphatic carbocycles. The van der Waals surface area contributed by atoms with Gasteiger partial charge in [-0.3, -0.25) is 9.17 Å². The van der Waals surface area contributed by atoms with Gasteiger partial charge in [0.25, 0.3) is 5.91 Å². The highest BCUT2D eigenvalue weighted by atomic mass is 32.1. The molecular weight excluding hydrogens is 152 g/mol. The summed E-state index contributed by atoms with van der Waals surface area (Å²) in [6, 6.07) is 3.13. The van der Waals surface area contributed by atoms with Gasteiger partial charge in [-0.2, -0.15) is 0 Å². The van der Waals surface area contributed by atoms with Crippen LogP contribution < -0.4 is 5.73 Å². The maximum atomic E-state index is 10.5. The predicted molar refractivity (Wildman–Crippen MR) is 37.1 cm³/mol. The molecule has 1 aromatic rings. The van der Waals surface area contributed by atoms with Crippen molar-refractivity contribution < 1.29 is 8.64 Å². The Labute approximate surface area is 61.3 Å². The van der Waals surface area contributed by atoms with Crippen LogP contribution in [0.4, 0.5) is 0 Å². The summed E-state index contributed by atoms with van der Waals surface area (Å²) in [7, 11) is 0. The Hall–Kier alpha value is -1.23. The van der Waals surface area contributed by atoms with E-state index in [0.29, 0.717) is 5.69 Å². The second kappa shape index (κ2) is 3.07. The molecule has 1 rings (SSSR count). The van der Waals surface area contributed by atoms with E-state index in [1.54, 1.807) is 12.1 Å². The van der Waals surface area contributed by atoms with E-state index >= 15 is 0 Å². The van der Waals surface area contributed by atoms with Crippen LogP contribution in [0.3, 0.4) is 0 Å². The first-order chi connectivity index (χ1) is 4.80. The fraction of sp³-hybridized carbons (Fsp3) is 0. The summed E-state index contributed by atoms with van der Waals surface area (Å²) < 4.78 is 7.34. The molecule has 54 valence electrons. The monoisotopic (exact) mass is 158 g/mol. The third-order valence-corrected chi connectivity index (χ3v) is 1.37. The molecule has 0 saturated carbocycles. The van der Waals surface area contributed by atoms with Gasteiger partial charge in [-0.15, -0.1) is 0 Å². The lowest BCUT2D eigenvalue weighted by molar-refractivity contribution is 0.0996. The minimum atomic E-state index is -0.498. The van der Waals surface area contributed by atoms with Crippen LogP contribution in [0.25, 0.3) is 0 Å². The van der Waals surface area contributed by atoms with E-state index in [1.165, 1.54) is 6.26 Å². The number of hydrogen-bond donors (Lipinski definition) is 2. The fourth-order valence-corrected chi connectivity index (χ4v) is 0.857. The molecule has 3 N–H and O–H groups in total. The Kier molecular flexibility index (Phi) is 2.11. The van der Waals surface area contributed by atoms with Gasteiger partial charge in [0.15, 0.2) is 0 Å². The molecule has 0 saturated heterocycles. The van der Waals surface area contributed by atoms with Crippen LogP contribution in [0.2, 0.25) is 0 Å². The molecule has 1 heterocycles. The van der Waals surface area contributed by atoms with Gasteiger partial charge in [0.1, 0.15) is 23.8 Å². The summed E-state index contributed by atoms with van der Waals surface area (Å²) in [6.45, 7) is 0. The second-order valence-electron chi connectivity index (χ2n) is 1.55. The number of H-pyrrole nitrogens is 1. The lowest BCUT2D eigenvalue weighted by Gasteiger charge is -1.84. The van der Waals surface area contributed by atoms with Crippen molar-refractivity contribution in [3.8, 4) is 0 Å². The third-order valence-electron chi connectivity index (χ3n) is 0.862. The molecule has 0 aromatic carbocycles. The zero-order valence-electron chi connectivity index (χ0n) is 5.03. The first-order valence-electron chi connectivity index (χ1n) is 2.55. The molecule has 4 nitrogen and oxygen atoms in total. The molecule has 5 heteroatoms. The second-order valence-corrected chi connectivity index (χ2v) is 2.12. The van der Waals surface area contributed by atoms with Crippen molar-refractivity contribution in [2.75, 3.05) is 0 Å². The number of carbonyl (C=O) groups excluding carboxylic acids is 1. The van der Waals surface area contributed by atoms with Crippen LogP contribution in [0, 0.1) is 0 Å². The van der Waals surface area contributed by atoms with Gasteiger partial charge in [-0.25, -0.2) is 0 Å². The Bertz CT molecular complexity index is 240. The average Bonchev–Trinajstić information content (AvgIpc) is 2.12. The summed E-state index contributed by atoms with van der Waals surface area (Å²) >= 11 is 0.946. The van der Waals surface area contributed by atoms with Crippen LogP contribution in [0.15, 0.2) is 22.2 Å². The van der Waals surface area contributed by atoms with Gasteiger partial charge in [-0.05, 0) is 12.1 Å². The minimum absolute atomic E-state index is 0.332. The maximum absolute atomic E-state index is 10.5. The lowest BCUT2D eigenvalue weighted by Crippen LogP contribution is -2.11. The molecule has 0 aliphatic rings. The maximum Gasteiger partial charge on any atom is 0.265 e. The van der Waals surface area contributed by atoms with Crippen LogP contribution in [0.1, 0.15) is 10.5 Å². The highest BCUT2D eigenvalue weighted by Crippen LogP contribution is 1.93. The molecule has 0 atom stereocenters. The molecule has 0 bridgehead atoms. The predicted octanol–water partition coefficient (Wildman–Crippen LogP) is 0.893. The SMILES string of the molecule is NC(=O)c1cccos[nH]1. The number of hydrogen-bond acceptors (Lipinski definition) is 3. The van der Waals surface area contributed by atoms with Gasteiger partial charge >= 0.3 is 0 Å². The zero-order chi connectivity index (χ0) is 7.40. The molecule has 10 heavy (non-hydrogen) atoms. The molecular formula is C5H6N2O2S. The van der Waals surface area contributed by atoms with E-state index in [4.69, 9.17) is 9.58 Å². The molecule has 1 aromatic heterocycles. The Morgan fingerprint density at radius 3 is 3.30 bits per heavy atom. The zero-order valence-corrected chi connectivity index (χ0v) is 5.85. The molecule has 0 unspecified atom stereocenters. The van der Waals surface area contributed by atoms with Crippen molar-refractivity contribution in [1.82, 2.24) is 4.37 Å². The Balaban J connectivity index is 3.10. The number of primary amides is 1. The molecule has 0 aliphatic heterocycles. The third kappa shape index (κ3) is 1.63. The lowest BCUT2D eigenvalue weighted by atomic mass is 10.4. The van der Waals surface area contributed by atoms with E-state index in [9.17, 15) is 4.79 Å². The number of rotatable bonds is 1. The summed E-state index contributed by atoms with van der Waals surface area (Å²) in [4.78, 5) is 10.5. The van der Waals surface area contributed by atoms with Crippen LogP contribution in [0.5, 0.6) is 0 Å². The Morgan fingerprint density at radius 2 is 2.60 bits per heavy atom. The standard InChI is InChI=1S/C5H6N2O2S/c6-5(8)4-2-1-3-9-10-7-4/h1-3,7H,(H2,6,8). The van der Waals surface area contributed by atoms with Crippen LogP contribution in [-0.4, -0.2) is 10.3 Å². The highest BCUT2D eigenvalue weighted by molar-refractivity contribution is 6.96. The van der Waals surface area contributed by atoms with E-state index in [0.717, 1.165) is 11.8 Å². The summed E-state index contributed by atoms with van der Waals surface area (Å²) in [5, 5.41) is 0. The van der Waals surface area contributed by atoms with E-state index in [-0.39, 0.29) is 0 Å². The molecule has 0 fully saturated rings. The van der Waals surface area contributed by atoms with Gasteiger partial charge in [-0.1, -0.05) is 0 Å². The van der Waals surface area contributed by atoms with Crippen LogP contribution in [-0.2, 0) is 0 Å². The van der Waals surface area contributed by atoms with Crippen molar-refractivity contribution in [2.24, 2.45) is 5.73 Å². The number of amides is 1. The normalized spacial score (nSPS) is 8.80. The van der Waals surface area contributed by atoms with Gasteiger partial charge < -0.3 is 9.58 Å². The van der Waals surface area contributed by atoms with Gasteiger partial charge in [0.2, 0.25) is 0 Å². The van der Waals surface area contributed by atoms with Crippen LogP contribution >= 0.6 is 11.8 Å². The first-order valence-corrected chi connectivity index (χ1v) is 3.30. The highest BCUT2D eigenvalue weighted by Gasteiger charge is 1.94. The van der Waals surface area contributed by atoms with Crippen molar-refractivity contribution in [2.45, 2.75) is 0 Å².